The number of nitrogens with two attached hydrogens (primary N) is 1. The van der Waals surface area contributed by atoms with Gasteiger partial charge in [-0.25, -0.2) is 0 Å². The minimum atomic E-state index is -1.20. The zero-order chi connectivity index (χ0) is 21.4. The van der Waals surface area contributed by atoms with E-state index in [2.05, 4.69) is 5.32 Å². The van der Waals surface area contributed by atoms with E-state index in [0.29, 0.717) is 95.4 Å². The van der Waals surface area contributed by atoms with Gasteiger partial charge in [0.15, 0.2) is 4.90 Å². The largest absolute Gasteiger partial charge is 0.611 e. The van der Waals surface area contributed by atoms with Gasteiger partial charge in [-0.05, 0) is 23.3 Å². The van der Waals surface area contributed by atoms with E-state index in [1.54, 1.807) is 18.2 Å². The number of amides is 1. The molecular weight excluding hydrogens is 412 g/mol. The summed E-state index contributed by atoms with van der Waals surface area (Å²) in [5, 5.41) is 2.76. The van der Waals surface area contributed by atoms with Gasteiger partial charge in [0.2, 0.25) is 0 Å². The first-order valence-electron chi connectivity index (χ1n) is 10.1. The van der Waals surface area contributed by atoms with Gasteiger partial charge in [0.05, 0.1) is 66.1 Å². The van der Waals surface area contributed by atoms with E-state index >= 15 is 0 Å². The molecule has 0 spiro atoms. The van der Waals surface area contributed by atoms with Crippen molar-refractivity contribution >= 4 is 17.1 Å². The number of rotatable bonds is 18. The second-order valence-electron chi connectivity index (χ2n) is 6.37. The van der Waals surface area contributed by atoms with Crippen LogP contribution < -0.4 is 11.1 Å². The van der Waals surface area contributed by atoms with Crippen molar-refractivity contribution < 1.29 is 33.0 Å². The first kappa shape index (κ1) is 25.0. The van der Waals surface area contributed by atoms with Crippen molar-refractivity contribution in [3.63, 3.8) is 0 Å². The minimum absolute atomic E-state index is 0.110. The Morgan fingerprint density at radius 1 is 0.867 bits per heavy atom. The third-order valence-electron chi connectivity index (χ3n) is 4.21. The van der Waals surface area contributed by atoms with Crippen LogP contribution >= 0.6 is 0 Å². The molecule has 1 amide bonds. The van der Waals surface area contributed by atoms with E-state index in [1.165, 1.54) is 0 Å². The molecule has 0 aliphatic carbocycles. The van der Waals surface area contributed by atoms with Crippen LogP contribution in [-0.2, 0) is 41.4 Å². The quantitative estimate of drug-likeness (QED) is 0.241. The average Bonchev–Trinajstić information content (AvgIpc) is 3.14. The highest BCUT2D eigenvalue weighted by atomic mass is 32.2. The molecular formula is C20H32N2O7S. The minimum Gasteiger partial charge on any atom is -0.611 e. The lowest BCUT2D eigenvalue weighted by Crippen LogP contribution is -2.17. The molecule has 0 saturated carbocycles. The number of hydrogen-bond donors (Lipinski definition) is 2. The summed E-state index contributed by atoms with van der Waals surface area (Å²) in [6.45, 7) is 5.80. The van der Waals surface area contributed by atoms with Crippen molar-refractivity contribution in [1.82, 2.24) is 5.32 Å². The highest BCUT2D eigenvalue weighted by Crippen LogP contribution is 2.24. The molecule has 2 rings (SSSR count). The monoisotopic (exact) mass is 444 g/mol. The first-order valence-corrected chi connectivity index (χ1v) is 11.4. The van der Waals surface area contributed by atoms with Crippen LogP contribution in [0.4, 0.5) is 0 Å². The van der Waals surface area contributed by atoms with Gasteiger partial charge in [-0.15, -0.1) is 0 Å². The molecule has 1 aromatic carbocycles. The molecule has 1 atom stereocenters. The number of fused-ring (bicyclic) bond motifs is 1. The third kappa shape index (κ3) is 9.27. The Hall–Kier alpha value is -1.24. The van der Waals surface area contributed by atoms with E-state index < -0.39 is 11.2 Å². The summed E-state index contributed by atoms with van der Waals surface area (Å²) in [6, 6.07) is 5.32. The smallest absolute Gasteiger partial charge is 0.252 e. The molecule has 9 nitrogen and oxygen atoms in total. The number of carbonyl (C=O) groups is 1. The third-order valence-corrected chi connectivity index (χ3v) is 5.62. The van der Waals surface area contributed by atoms with E-state index in [1.807, 2.05) is 0 Å². The second-order valence-corrected chi connectivity index (χ2v) is 7.90. The molecule has 0 radical (unpaired) electrons. The molecule has 0 aromatic heterocycles. The van der Waals surface area contributed by atoms with Crippen LogP contribution in [0.15, 0.2) is 23.1 Å². The maximum Gasteiger partial charge on any atom is 0.252 e. The van der Waals surface area contributed by atoms with Crippen LogP contribution in [0.5, 0.6) is 0 Å². The van der Waals surface area contributed by atoms with Crippen molar-refractivity contribution in [2.75, 3.05) is 78.4 Å². The number of ether oxygens (including phenoxy) is 5. The van der Waals surface area contributed by atoms with Crippen LogP contribution in [0, 0.1) is 0 Å². The van der Waals surface area contributed by atoms with Crippen LogP contribution in [0.3, 0.4) is 0 Å². The summed E-state index contributed by atoms with van der Waals surface area (Å²) in [5.74, 6) is 0.270. The molecule has 1 unspecified atom stereocenters. The van der Waals surface area contributed by atoms with Gasteiger partial charge in [-0.3, -0.25) is 4.79 Å². The number of benzene rings is 1. The molecule has 3 N–H and O–H groups in total. The van der Waals surface area contributed by atoms with Crippen LogP contribution in [-0.4, -0.2) is 88.8 Å². The van der Waals surface area contributed by atoms with Gasteiger partial charge < -0.3 is 39.3 Å². The van der Waals surface area contributed by atoms with E-state index in [4.69, 9.17) is 29.4 Å². The molecule has 0 bridgehead atoms. The Balaban J connectivity index is 1.39. The molecule has 30 heavy (non-hydrogen) atoms. The Morgan fingerprint density at radius 3 is 1.97 bits per heavy atom. The maximum atomic E-state index is 12.5. The van der Waals surface area contributed by atoms with Crippen molar-refractivity contribution in [2.24, 2.45) is 5.73 Å². The number of carbonyl (C=O) groups excluding carboxylic acids is 1. The van der Waals surface area contributed by atoms with Crippen molar-refractivity contribution in [1.29, 1.82) is 0 Å². The fraction of sp³-hybridized carbons (Fsp3) is 0.650. The summed E-state index contributed by atoms with van der Waals surface area (Å²) in [5.41, 5.74) is 6.75. The Bertz CT molecular complexity index is 621. The Kier molecular flexibility index (Phi) is 13.0. The van der Waals surface area contributed by atoms with Gasteiger partial charge in [0, 0.05) is 24.2 Å². The Labute approximate surface area is 180 Å². The summed E-state index contributed by atoms with van der Waals surface area (Å²) < 4.78 is 39.3. The molecule has 1 aliphatic rings. The van der Waals surface area contributed by atoms with E-state index in [9.17, 15) is 9.35 Å². The van der Waals surface area contributed by atoms with Gasteiger partial charge in [0.1, 0.15) is 5.75 Å². The van der Waals surface area contributed by atoms with Crippen molar-refractivity contribution in [3.8, 4) is 0 Å². The van der Waals surface area contributed by atoms with Gasteiger partial charge in [-0.1, -0.05) is 6.07 Å². The summed E-state index contributed by atoms with van der Waals surface area (Å²) in [4.78, 5) is 12.4. The van der Waals surface area contributed by atoms with Crippen LogP contribution in [0.25, 0.3) is 0 Å². The first-order chi connectivity index (χ1) is 14.7. The van der Waals surface area contributed by atoms with Gasteiger partial charge in [0.25, 0.3) is 5.91 Å². The van der Waals surface area contributed by atoms with E-state index in [0.717, 1.165) is 5.56 Å². The predicted molar refractivity (Wildman–Crippen MR) is 112 cm³/mol. The molecule has 1 heterocycles. The lowest BCUT2D eigenvalue weighted by molar-refractivity contribution is -0.00956. The predicted octanol–water partition coefficient (Wildman–Crippen LogP) is 0.0793. The molecule has 0 saturated heterocycles. The average molecular weight is 445 g/mol. The molecule has 170 valence electrons. The topological polar surface area (TPSA) is 124 Å². The fourth-order valence-electron chi connectivity index (χ4n) is 2.75. The standard InChI is InChI=1S/C20H32N2O7S/c21-4-5-25-6-7-26-8-9-27-10-11-28-12-13-29-14-15-30(24)19-3-1-2-17-18(19)16-22-20(17)23/h1-3H,4-16,21H2,(H,22,23). The van der Waals surface area contributed by atoms with Crippen molar-refractivity contribution in [3.05, 3.63) is 29.3 Å². The normalized spacial score (nSPS) is 14.0. The van der Waals surface area contributed by atoms with Crippen LogP contribution in [0.2, 0.25) is 0 Å². The van der Waals surface area contributed by atoms with E-state index in [-0.39, 0.29) is 5.91 Å². The maximum absolute atomic E-state index is 12.5. The Morgan fingerprint density at radius 2 is 1.40 bits per heavy atom. The van der Waals surface area contributed by atoms with Crippen LogP contribution in [0.1, 0.15) is 15.9 Å². The zero-order valence-corrected chi connectivity index (χ0v) is 18.1. The molecule has 0 fully saturated rings. The number of nitrogens with one attached hydrogen (secondary N) is 1. The highest BCUT2D eigenvalue weighted by molar-refractivity contribution is 7.91. The lowest BCUT2D eigenvalue weighted by atomic mass is 10.1. The number of hydrogen-bond acceptors (Lipinski definition) is 8. The van der Waals surface area contributed by atoms with Gasteiger partial charge in [-0.2, -0.15) is 0 Å². The summed E-state index contributed by atoms with van der Waals surface area (Å²) in [7, 11) is 0. The fourth-order valence-corrected chi connectivity index (χ4v) is 3.92. The molecule has 1 aromatic rings. The lowest BCUT2D eigenvalue weighted by Gasteiger charge is -2.13. The molecule has 1 aliphatic heterocycles. The highest BCUT2D eigenvalue weighted by Gasteiger charge is 2.26. The second kappa shape index (κ2) is 15.5. The zero-order valence-electron chi connectivity index (χ0n) is 17.3. The summed E-state index contributed by atoms with van der Waals surface area (Å²) >= 11 is -1.20. The van der Waals surface area contributed by atoms with Crippen molar-refractivity contribution in [2.45, 2.75) is 11.4 Å². The van der Waals surface area contributed by atoms with Gasteiger partial charge >= 0.3 is 0 Å². The molecule has 10 heteroatoms. The SMILES string of the molecule is NCCOCCOCCOCCOCCOCC[S+]([O-])c1cccc2c1CNC2=O. The summed E-state index contributed by atoms with van der Waals surface area (Å²) in [6.07, 6.45) is 0.